The summed E-state index contributed by atoms with van der Waals surface area (Å²) < 4.78 is 5.23. The molecule has 1 aliphatic rings. The Morgan fingerprint density at radius 1 is 1.33 bits per heavy atom. The van der Waals surface area contributed by atoms with Crippen LogP contribution in [0.2, 0.25) is 0 Å². The van der Waals surface area contributed by atoms with Crippen molar-refractivity contribution in [3.05, 3.63) is 24.3 Å². The smallest absolute Gasteiger partial charge is 0.239 e. The van der Waals surface area contributed by atoms with Crippen LogP contribution in [0, 0.1) is 5.92 Å². The van der Waals surface area contributed by atoms with E-state index in [0.717, 1.165) is 37.1 Å². The van der Waals surface area contributed by atoms with Crippen molar-refractivity contribution < 1.29 is 14.6 Å². The number of rotatable bonds is 6. The van der Waals surface area contributed by atoms with Crippen molar-refractivity contribution in [3.63, 3.8) is 0 Å². The number of methoxy groups -OCH3 is 1. The molecular formula is C16H24N2O3. The lowest BCUT2D eigenvalue weighted by Gasteiger charge is -2.30. The third-order valence-corrected chi connectivity index (χ3v) is 4.04. The number of hydrogen-bond donors (Lipinski definition) is 3. The van der Waals surface area contributed by atoms with Crippen molar-refractivity contribution >= 4 is 11.6 Å². The van der Waals surface area contributed by atoms with Crippen molar-refractivity contribution in [2.75, 3.05) is 25.6 Å². The number of amides is 1. The molecule has 5 heteroatoms. The molecule has 1 fully saturated rings. The molecule has 0 bridgehead atoms. The van der Waals surface area contributed by atoms with Crippen LogP contribution < -0.4 is 15.4 Å². The molecule has 1 amide bonds. The highest BCUT2D eigenvalue weighted by atomic mass is 16.5. The molecule has 1 aromatic carbocycles. The maximum atomic E-state index is 12.0. The summed E-state index contributed by atoms with van der Waals surface area (Å²) in [5, 5.41) is 15.5. The highest BCUT2D eigenvalue weighted by Gasteiger charge is 2.25. The largest absolute Gasteiger partial charge is 0.495 e. The number of nitrogens with one attached hydrogen (secondary N) is 2. The third-order valence-electron chi connectivity index (χ3n) is 4.04. The Morgan fingerprint density at radius 2 is 2.10 bits per heavy atom. The van der Waals surface area contributed by atoms with Crippen molar-refractivity contribution in [2.24, 2.45) is 5.92 Å². The minimum absolute atomic E-state index is 0.0498. The molecule has 21 heavy (non-hydrogen) atoms. The van der Waals surface area contributed by atoms with Crippen LogP contribution in [-0.2, 0) is 4.79 Å². The minimum Gasteiger partial charge on any atom is -0.495 e. The van der Waals surface area contributed by atoms with Gasteiger partial charge in [-0.05, 0) is 25.0 Å². The van der Waals surface area contributed by atoms with Gasteiger partial charge in [0.2, 0.25) is 5.91 Å². The van der Waals surface area contributed by atoms with Gasteiger partial charge in [0.1, 0.15) is 5.75 Å². The first-order chi connectivity index (χ1) is 10.2. The molecule has 0 spiro atoms. The summed E-state index contributed by atoms with van der Waals surface area (Å²) in [6, 6.07) is 7.60. The first kappa shape index (κ1) is 15.6. The Bertz CT molecular complexity index is 465. The van der Waals surface area contributed by atoms with E-state index >= 15 is 0 Å². The Labute approximate surface area is 125 Å². The molecule has 1 saturated carbocycles. The first-order valence-corrected chi connectivity index (χ1v) is 7.51. The Hall–Kier alpha value is -1.75. The molecule has 0 aliphatic heterocycles. The van der Waals surface area contributed by atoms with Crippen LogP contribution in [0.1, 0.15) is 25.7 Å². The van der Waals surface area contributed by atoms with E-state index in [1.54, 1.807) is 7.11 Å². The average Bonchev–Trinajstić information content (AvgIpc) is 2.53. The zero-order chi connectivity index (χ0) is 15.1. The number of aliphatic hydroxyl groups is 1. The van der Waals surface area contributed by atoms with Gasteiger partial charge in [-0.2, -0.15) is 0 Å². The van der Waals surface area contributed by atoms with E-state index in [1.165, 1.54) is 0 Å². The van der Waals surface area contributed by atoms with E-state index in [1.807, 2.05) is 24.3 Å². The van der Waals surface area contributed by atoms with Gasteiger partial charge in [-0.3, -0.25) is 4.79 Å². The molecule has 0 saturated heterocycles. The predicted molar refractivity (Wildman–Crippen MR) is 82.5 cm³/mol. The molecule has 2 rings (SSSR count). The second kappa shape index (κ2) is 7.88. The van der Waals surface area contributed by atoms with Gasteiger partial charge in [0, 0.05) is 18.6 Å². The highest BCUT2D eigenvalue weighted by Crippen LogP contribution is 2.24. The molecule has 116 valence electrons. The molecule has 1 aliphatic carbocycles. The van der Waals surface area contributed by atoms with E-state index in [4.69, 9.17) is 4.74 Å². The molecule has 5 nitrogen and oxygen atoms in total. The quantitative estimate of drug-likeness (QED) is 0.747. The summed E-state index contributed by atoms with van der Waals surface area (Å²) in [6.45, 7) is 0.347. The molecule has 0 aromatic heterocycles. The number of para-hydroxylation sites is 2. The first-order valence-electron chi connectivity index (χ1n) is 7.51. The van der Waals surface area contributed by atoms with E-state index in [-0.39, 0.29) is 31.0 Å². The molecular weight excluding hydrogens is 268 g/mol. The second-order valence-electron chi connectivity index (χ2n) is 5.45. The summed E-state index contributed by atoms with van der Waals surface area (Å²) in [5.41, 5.74) is 0.803. The van der Waals surface area contributed by atoms with Crippen LogP contribution in [0.25, 0.3) is 0 Å². The fraction of sp³-hybridized carbons (Fsp3) is 0.562. The number of ether oxygens (including phenoxy) is 1. The maximum Gasteiger partial charge on any atom is 0.239 e. The van der Waals surface area contributed by atoms with Gasteiger partial charge in [-0.1, -0.05) is 25.0 Å². The molecule has 1 aromatic rings. The average molecular weight is 292 g/mol. The highest BCUT2D eigenvalue weighted by molar-refractivity contribution is 5.81. The standard InChI is InChI=1S/C16H24N2O3/c1-21-15-9-5-4-8-14(15)17-10-16(20)18-13-7-3-2-6-12(13)11-19/h4-5,8-9,12-13,17,19H,2-3,6-7,10-11H2,1H3,(H,18,20). The third kappa shape index (κ3) is 4.36. The normalized spacial score (nSPS) is 21.6. The van der Waals surface area contributed by atoms with E-state index < -0.39 is 0 Å². The van der Waals surface area contributed by atoms with Crippen molar-refractivity contribution in [2.45, 2.75) is 31.7 Å². The van der Waals surface area contributed by atoms with Gasteiger partial charge in [0.15, 0.2) is 0 Å². The number of anilines is 1. The van der Waals surface area contributed by atoms with E-state index in [9.17, 15) is 9.90 Å². The number of aliphatic hydroxyl groups excluding tert-OH is 1. The molecule has 3 N–H and O–H groups in total. The number of benzene rings is 1. The zero-order valence-corrected chi connectivity index (χ0v) is 12.5. The zero-order valence-electron chi connectivity index (χ0n) is 12.5. The van der Waals surface area contributed by atoms with Gasteiger partial charge in [-0.15, -0.1) is 0 Å². The van der Waals surface area contributed by atoms with Crippen LogP contribution in [0.3, 0.4) is 0 Å². The summed E-state index contributed by atoms with van der Waals surface area (Å²) in [7, 11) is 1.61. The van der Waals surface area contributed by atoms with Crippen LogP contribution in [0.5, 0.6) is 5.75 Å². The minimum atomic E-state index is -0.0498. The molecule has 0 heterocycles. The lowest BCUT2D eigenvalue weighted by atomic mass is 9.85. The molecule has 2 atom stereocenters. The van der Waals surface area contributed by atoms with Gasteiger partial charge in [0.05, 0.1) is 19.3 Å². The Balaban J connectivity index is 1.84. The summed E-state index contributed by atoms with van der Waals surface area (Å²) in [6.07, 6.45) is 4.19. The molecule has 2 unspecified atom stereocenters. The Morgan fingerprint density at radius 3 is 2.86 bits per heavy atom. The van der Waals surface area contributed by atoms with Crippen LogP contribution in [0.4, 0.5) is 5.69 Å². The Kier molecular flexibility index (Phi) is 5.87. The monoisotopic (exact) mass is 292 g/mol. The van der Waals surface area contributed by atoms with Gasteiger partial charge >= 0.3 is 0 Å². The SMILES string of the molecule is COc1ccccc1NCC(=O)NC1CCCCC1CO. The van der Waals surface area contributed by atoms with Gasteiger partial charge in [0.25, 0.3) is 0 Å². The lowest BCUT2D eigenvalue weighted by Crippen LogP contribution is -2.45. The van der Waals surface area contributed by atoms with Crippen molar-refractivity contribution in [1.82, 2.24) is 5.32 Å². The van der Waals surface area contributed by atoms with Gasteiger partial charge in [-0.25, -0.2) is 0 Å². The summed E-state index contributed by atoms with van der Waals surface area (Å²) in [5.74, 6) is 0.858. The fourth-order valence-electron chi connectivity index (χ4n) is 2.84. The van der Waals surface area contributed by atoms with Crippen LogP contribution >= 0.6 is 0 Å². The molecule has 0 radical (unpaired) electrons. The van der Waals surface area contributed by atoms with Crippen molar-refractivity contribution in [3.8, 4) is 5.75 Å². The predicted octanol–water partition coefficient (Wildman–Crippen LogP) is 1.77. The maximum absolute atomic E-state index is 12.0. The van der Waals surface area contributed by atoms with Crippen molar-refractivity contribution in [1.29, 1.82) is 0 Å². The van der Waals surface area contributed by atoms with E-state index in [0.29, 0.717) is 0 Å². The lowest BCUT2D eigenvalue weighted by molar-refractivity contribution is -0.120. The van der Waals surface area contributed by atoms with E-state index in [2.05, 4.69) is 10.6 Å². The topological polar surface area (TPSA) is 70.6 Å². The number of carbonyl (C=O) groups excluding carboxylic acids is 1. The van der Waals surface area contributed by atoms with Crippen LogP contribution in [-0.4, -0.2) is 37.3 Å². The second-order valence-corrected chi connectivity index (χ2v) is 5.45. The summed E-state index contributed by atoms with van der Waals surface area (Å²) in [4.78, 5) is 12.0. The van der Waals surface area contributed by atoms with Gasteiger partial charge < -0.3 is 20.5 Å². The van der Waals surface area contributed by atoms with Crippen LogP contribution in [0.15, 0.2) is 24.3 Å². The number of hydrogen-bond acceptors (Lipinski definition) is 4. The number of carbonyl (C=O) groups is 1. The summed E-state index contributed by atoms with van der Waals surface area (Å²) >= 11 is 0. The fourth-order valence-corrected chi connectivity index (χ4v) is 2.84.